The zero-order valence-corrected chi connectivity index (χ0v) is 14.2. The predicted molar refractivity (Wildman–Crippen MR) is 85.2 cm³/mol. The molecule has 2 rings (SSSR count). The first-order valence-corrected chi connectivity index (χ1v) is 8.77. The molecule has 2 aromatic rings. The smallest absolute Gasteiger partial charge is 0.419 e. The Morgan fingerprint density at radius 1 is 1.04 bits per heavy atom. The van der Waals surface area contributed by atoms with Crippen LogP contribution in [0.4, 0.5) is 27.6 Å². The highest BCUT2D eigenvalue weighted by molar-refractivity contribution is 7.91. The highest BCUT2D eigenvalue weighted by Gasteiger charge is 2.34. The third kappa shape index (κ3) is 5.16. The fraction of sp³-hybridized carbons (Fsp3) is 0.188. The number of halogens is 5. The number of alkyl halides is 5. The summed E-state index contributed by atoms with van der Waals surface area (Å²) < 4.78 is 90.8. The summed E-state index contributed by atoms with van der Waals surface area (Å²) in [7, 11) is -4.76. The Morgan fingerprint density at radius 3 is 2.19 bits per heavy atom. The topological polar surface area (TPSA) is 72.5 Å². The molecule has 0 aliphatic rings. The normalized spacial score (nSPS) is 12.1. The van der Waals surface area contributed by atoms with E-state index in [2.05, 4.69) is 5.32 Å². The number of hydrogen-bond donors (Lipinski definition) is 1. The van der Waals surface area contributed by atoms with Gasteiger partial charge >= 0.3 is 11.9 Å². The number of carbonyl (C=O) groups excluding carboxylic acids is 1. The van der Waals surface area contributed by atoms with Gasteiger partial charge in [-0.15, -0.1) is 0 Å². The van der Waals surface area contributed by atoms with Crippen LogP contribution in [0.2, 0.25) is 0 Å². The number of rotatable bonds is 6. The predicted octanol–water partition coefficient (Wildman–Crippen LogP) is 3.72. The van der Waals surface area contributed by atoms with Crippen LogP contribution in [-0.4, -0.2) is 26.7 Å². The number of ether oxygens (including phenoxy) is 1. The largest absolute Gasteiger partial charge is 0.483 e. The van der Waals surface area contributed by atoms with Gasteiger partial charge in [-0.2, -0.15) is 22.0 Å². The van der Waals surface area contributed by atoms with Gasteiger partial charge in [-0.25, -0.2) is 8.42 Å². The summed E-state index contributed by atoms with van der Waals surface area (Å²) in [5.74, 6) is -4.94. The molecular formula is C16H12F5NO4S. The molecule has 0 aliphatic carbocycles. The Balaban J connectivity index is 2.01. The number of sulfone groups is 1. The number of amides is 1. The van der Waals surface area contributed by atoms with Gasteiger partial charge in [0.25, 0.3) is 5.91 Å². The van der Waals surface area contributed by atoms with E-state index in [1.165, 1.54) is 12.1 Å². The van der Waals surface area contributed by atoms with Crippen LogP contribution in [0.25, 0.3) is 0 Å². The molecule has 0 aliphatic heterocycles. The lowest BCUT2D eigenvalue weighted by atomic mass is 10.2. The second kappa shape index (κ2) is 7.91. The van der Waals surface area contributed by atoms with E-state index in [4.69, 9.17) is 4.74 Å². The van der Waals surface area contributed by atoms with Crippen molar-refractivity contribution in [3.8, 4) is 5.75 Å². The molecule has 146 valence electrons. The molecule has 5 nitrogen and oxygen atoms in total. The van der Waals surface area contributed by atoms with Crippen molar-refractivity contribution in [1.82, 2.24) is 0 Å². The Labute approximate surface area is 150 Å². The van der Waals surface area contributed by atoms with Crippen molar-refractivity contribution in [2.45, 2.75) is 16.8 Å². The van der Waals surface area contributed by atoms with E-state index < -0.39 is 50.5 Å². The molecule has 0 saturated carbocycles. The molecular weight excluding hydrogens is 397 g/mol. The number of hydrogen-bond acceptors (Lipinski definition) is 4. The summed E-state index contributed by atoms with van der Waals surface area (Å²) in [6, 6.07) is 8.21. The number of benzene rings is 2. The molecule has 0 heterocycles. The highest BCUT2D eigenvalue weighted by Crippen LogP contribution is 2.35. The van der Waals surface area contributed by atoms with Crippen molar-refractivity contribution >= 4 is 21.4 Å². The number of carbonyl (C=O) groups is 1. The number of para-hydroxylation sites is 1. The minimum absolute atomic E-state index is 0.0564. The van der Waals surface area contributed by atoms with Gasteiger partial charge in [0.2, 0.25) is 9.84 Å². The van der Waals surface area contributed by atoms with Crippen LogP contribution in [0, 0.1) is 0 Å². The Kier molecular flexibility index (Phi) is 6.04. The van der Waals surface area contributed by atoms with E-state index in [0.717, 1.165) is 36.4 Å². The monoisotopic (exact) mass is 409 g/mol. The van der Waals surface area contributed by atoms with Gasteiger partial charge in [-0.05, 0) is 36.4 Å². The summed E-state index contributed by atoms with van der Waals surface area (Å²) in [6.45, 7) is -0.746. The Morgan fingerprint density at radius 2 is 1.63 bits per heavy atom. The Hall–Kier alpha value is -2.69. The minimum atomic E-state index is -4.76. The summed E-state index contributed by atoms with van der Waals surface area (Å²) in [5.41, 5.74) is -0.986. The van der Waals surface area contributed by atoms with Gasteiger partial charge < -0.3 is 10.1 Å². The van der Waals surface area contributed by atoms with Crippen molar-refractivity contribution in [2.75, 3.05) is 11.9 Å². The van der Waals surface area contributed by atoms with Gasteiger partial charge in [0, 0.05) is 5.69 Å². The van der Waals surface area contributed by atoms with Gasteiger partial charge in [-0.1, -0.05) is 12.1 Å². The molecule has 0 radical (unpaired) electrons. The number of anilines is 1. The zero-order chi connectivity index (χ0) is 20.2. The van der Waals surface area contributed by atoms with Crippen LogP contribution in [-0.2, 0) is 20.8 Å². The second-order valence-corrected chi connectivity index (χ2v) is 7.08. The lowest BCUT2D eigenvalue weighted by molar-refractivity contribution is -0.139. The van der Waals surface area contributed by atoms with Crippen molar-refractivity contribution in [1.29, 1.82) is 0 Å². The first-order valence-electron chi connectivity index (χ1n) is 7.23. The van der Waals surface area contributed by atoms with E-state index >= 15 is 0 Å². The molecule has 1 amide bonds. The molecule has 11 heteroatoms. The van der Waals surface area contributed by atoms with Crippen LogP contribution in [0.5, 0.6) is 5.75 Å². The highest BCUT2D eigenvalue weighted by atomic mass is 32.2. The van der Waals surface area contributed by atoms with Crippen molar-refractivity contribution in [3.05, 3.63) is 54.1 Å². The van der Waals surface area contributed by atoms with Crippen LogP contribution in [0.15, 0.2) is 53.4 Å². The van der Waals surface area contributed by atoms with Crippen molar-refractivity contribution in [2.24, 2.45) is 0 Å². The molecule has 0 bridgehead atoms. The van der Waals surface area contributed by atoms with Gasteiger partial charge in [0.15, 0.2) is 6.61 Å². The zero-order valence-electron chi connectivity index (χ0n) is 13.3. The third-order valence-corrected chi connectivity index (χ3v) is 4.65. The molecule has 0 saturated heterocycles. The van der Waals surface area contributed by atoms with Crippen molar-refractivity contribution < 1.29 is 39.9 Å². The molecule has 27 heavy (non-hydrogen) atoms. The molecule has 0 unspecified atom stereocenters. The molecule has 2 aromatic carbocycles. The first-order chi connectivity index (χ1) is 12.5. The molecule has 0 atom stereocenters. The third-order valence-electron chi connectivity index (χ3n) is 3.25. The maximum absolute atomic E-state index is 12.8. The average molecular weight is 409 g/mol. The standard InChI is InChI=1S/C16H12F5NO4S/c17-15(18)27(24,25)11-7-5-10(6-8-11)22-14(23)9-26-13-4-2-1-3-12(13)16(19,20)21/h1-8,15H,9H2,(H,22,23). The SMILES string of the molecule is O=C(COc1ccccc1C(F)(F)F)Nc1ccc(S(=O)(=O)C(F)F)cc1. The second-order valence-electron chi connectivity index (χ2n) is 5.16. The van der Waals surface area contributed by atoms with Gasteiger partial charge in [0.1, 0.15) is 5.75 Å². The fourth-order valence-corrected chi connectivity index (χ4v) is 2.72. The average Bonchev–Trinajstić information content (AvgIpc) is 2.60. The first kappa shape index (κ1) is 20.6. The van der Waals surface area contributed by atoms with E-state index in [9.17, 15) is 35.2 Å². The maximum atomic E-state index is 12.8. The minimum Gasteiger partial charge on any atom is -0.483 e. The summed E-state index contributed by atoms with van der Waals surface area (Å²) in [6.07, 6.45) is -4.65. The van der Waals surface area contributed by atoms with Crippen LogP contribution in [0.1, 0.15) is 5.56 Å². The van der Waals surface area contributed by atoms with E-state index in [-0.39, 0.29) is 5.69 Å². The summed E-state index contributed by atoms with van der Waals surface area (Å²) >= 11 is 0. The quantitative estimate of drug-likeness (QED) is 0.739. The molecule has 1 N–H and O–H groups in total. The lowest BCUT2D eigenvalue weighted by Gasteiger charge is -2.13. The number of nitrogens with one attached hydrogen (secondary N) is 1. The summed E-state index contributed by atoms with van der Waals surface area (Å²) in [4.78, 5) is 11.1. The molecule has 0 spiro atoms. The molecule has 0 aromatic heterocycles. The van der Waals surface area contributed by atoms with Gasteiger partial charge in [0.05, 0.1) is 10.5 Å². The maximum Gasteiger partial charge on any atom is 0.419 e. The summed E-state index contributed by atoms with van der Waals surface area (Å²) in [5, 5.41) is 2.25. The molecule has 0 fully saturated rings. The van der Waals surface area contributed by atoms with Crippen molar-refractivity contribution in [3.63, 3.8) is 0 Å². The van der Waals surface area contributed by atoms with E-state index in [1.807, 2.05) is 0 Å². The lowest BCUT2D eigenvalue weighted by Crippen LogP contribution is -2.21. The van der Waals surface area contributed by atoms with E-state index in [1.54, 1.807) is 0 Å². The van der Waals surface area contributed by atoms with Crippen LogP contribution in [0.3, 0.4) is 0 Å². The fourth-order valence-electron chi connectivity index (χ4n) is 2.00. The Bertz CT molecular complexity index is 911. The van der Waals surface area contributed by atoms with Gasteiger partial charge in [-0.3, -0.25) is 4.79 Å². The van der Waals surface area contributed by atoms with Crippen LogP contribution >= 0.6 is 0 Å². The van der Waals surface area contributed by atoms with E-state index in [0.29, 0.717) is 0 Å². The van der Waals surface area contributed by atoms with Crippen LogP contribution < -0.4 is 10.1 Å².